The highest BCUT2D eigenvalue weighted by Gasteiger charge is 2.30. The largest absolute Gasteiger partial charge is 0.378 e. The van der Waals surface area contributed by atoms with Crippen LogP contribution in [-0.4, -0.2) is 53.8 Å². The van der Waals surface area contributed by atoms with Gasteiger partial charge in [-0.1, -0.05) is 0 Å². The molecule has 1 aromatic heterocycles. The van der Waals surface area contributed by atoms with Gasteiger partial charge in [0.05, 0.1) is 6.10 Å². The number of hydrogen-bond donors (Lipinski definition) is 2. The van der Waals surface area contributed by atoms with Gasteiger partial charge in [0, 0.05) is 32.8 Å². The summed E-state index contributed by atoms with van der Waals surface area (Å²) in [5, 5.41) is 6.41. The second-order valence-corrected chi connectivity index (χ2v) is 5.62. The van der Waals surface area contributed by atoms with Crippen molar-refractivity contribution >= 4 is 17.8 Å². The number of nitrogens with one attached hydrogen (secondary N) is 2. The predicted octanol–water partition coefficient (Wildman–Crippen LogP) is 1.49. The first kappa shape index (κ1) is 14.3. The Balaban J connectivity index is 1.65. The van der Waals surface area contributed by atoms with Gasteiger partial charge in [-0.25, -0.2) is 0 Å². The summed E-state index contributed by atoms with van der Waals surface area (Å²) in [7, 11) is 1.83. The van der Waals surface area contributed by atoms with Gasteiger partial charge < -0.3 is 20.3 Å². The van der Waals surface area contributed by atoms with Crippen LogP contribution < -0.4 is 15.5 Å². The van der Waals surface area contributed by atoms with Crippen LogP contribution in [0.15, 0.2) is 0 Å². The molecule has 3 rings (SSSR count). The van der Waals surface area contributed by atoms with Crippen LogP contribution in [0.3, 0.4) is 0 Å². The van der Waals surface area contributed by atoms with E-state index in [-0.39, 0.29) is 0 Å². The summed E-state index contributed by atoms with van der Waals surface area (Å²) in [6.45, 7) is 4.88. The van der Waals surface area contributed by atoms with Crippen molar-refractivity contribution < 1.29 is 4.74 Å². The second-order valence-electron chi connectivity index (χ2n) is 5.62. The fourth-order valence-corrected chi connectivity index (χ4v) is 2.84. The molecule has 1 aliphatic heterocycles. The third-order valence-electron chi connectivity index (χ3n) is 4.07. The molecule has 1 aromatic rings. The normalized spacial score (nSPS) is 24.8. The average molecular weight is 292 g/mol. The summed E-state index contributed by atoms with van der Waals surface area (Å²) in [4.78, 5) is 15.6. The molecule has 21 heavy (non-hydrogen) atoms. The smallest absolute Gasteiger partial charge is 0.231 e. The molecule has 0 amide bonds. The molecule has 2 heterocycles. The van der Waals surface area contributed by atoms with E-state index in [1.165, 1.54) is 12.8 Å². The van der Waals surface area contributed by atoms with Crippen LogP contribution in [0.4, 0.5) is 17.8 Å². The summed E-state index contributed by atoms with van der Waals surface area (Å²) in [5.41, 5.74) is 0. The van der Waals surface area contributed by atoms with Gasteiger partial charge in [0.1, 0.15) is 0 Å². The van der Waals surface area contributed by atoms with Gasteiger partial charge >= 0.3 is 0 Å². The monoisotopic (exact) mass is 292 g/mol. The molecule has 0 atom stereocenters. The standard InChI is InChI=1S/C14H24N6O/c1-3-21-11-8-10(9-11)16-13-17-12(15-2)18-14(19-13)20-6-4-5-7-20/h10-11H,3-9H2,1-2H3,(H2,15,16,17,18,19). The molecule has 1 saturated carbocycles. The van der Waals surface area contributed by atoms with Crippen molar-refractivity contribution in [3.8, 4) is 0 Å². The van der Waals surface area contributed by atoms with Crippen LogP contribution in [0, 0.1) is 0 Å². The molecule has 7 nitrogen and oxygen atoms in total. The van der Waals surface area contributed by atoms with E-state index in [0.29, 0.717) is 24.0 Å². The molecule has 2 N–H and O–H groups in total. The van der Waals surface area contributed by atoms with Gasteiger partial charge in [0.15, 0.2) is 0 Å². The maximum absolute atomic E-state index is 5.58. The highest BCUT2D eigenvalue weighted by atomic mass is 16.5. The lowest BCUT2D eigenvalue weighted by Crippen LogP contribution is -2.41. The second kappa shape index (κ2) is 6.43. The van der Waals surface area contributed by atoms with Crippen LogP contribution in [-0.2, 0) is 4.74 Å². The van der Waals surface area contributed by atoms with Crippen LogP contribution >= 0.6 is 0 Å². The Kier molecular flexibility index (Phi) is 4.38. The molecule has 0 aromatic carbocycles. The van der Waals surface area contributed by atoms with Crippen LogP contribution in [0.5, 0.6) is 0 Å². The van der Waals surface area contributed by atoms with E-state index in [1.807, 2.05) is 14.0 Å². The van der Waals surface area contributed by atoms with E-state index in [0.717, 1.165) is 38.5 Å². The minimum absolute atomic E-state index is 0.385. The summed E-state index contributed by atoms with van der Waals surface area (Å²) >= 11 is 0. The average Bonchev–Trinajstić information content (AvgIpc) is 2.99. The number of aromatic nitrogens is 3. The van der Waals surface area contributed by atoms with E-state index in [2.05, 4.69) is 30.5 Å². The minimum atomic E-state index is 0.385. The zero-order chi connectivity index (χ0) is 14.7. The Morgan fingerprint density at radius 2 is 1.86 bits per heavy atom. The van der Waals surface area contributed by atoms with Gasteiger partial charge in [-0.3, -0.25) is 0 Å². The van der Waals surface area contributed by atoms with E-state index in [1.54, 1.807) is 0 Å². The van der Waals surface area contributed by atoms with Gasteiger partial charge in [0.25, 0.3) is 0 Å². The zero-order valence-electron chi connectivity index (χ0n) is 12.8. The number of ether oxygens (including phenoxy) is 1. The number of anilines is 3. The first-order valence-corrected chi connectivity index (χ1v) is 7.85. The predicted molar refractivity (Wildman–Crippen MR) is 82.9 cm³/mol. The molecule has 0 radical (unpaired) electrons. The van der Waals surface area contributed by atoms with Gasteiger partial charge in [-0.05, 0) is 32.6 Å². The first-order chi connectivity index (χ1) is 10.3. The van der Waals surface area contributed by atoms with Gasteiger partial charge in [-0.15, -0.1) is 0 Å². The molecule has 1 aliphatic carbocycles. The first-order valence-electron chi connectivity index (χ1n) is 7.85. The Morgan fingerprint density at radius 1 is 1.14 bits per heavy atom. The van der Waals surface area contributed by atoms with Crippen molar-refractivity contribution in [2.45, 2.75) is 44.8 Å². The van der Waals surface area contributed by atoms with Crippen molar-refractivity contribution in [1.82, 2.24) is 15.0 Å². The van der Waals surface area contributed by atoms with E-state index < -0.39 is 0 Å². The van der Waals surface area contributed by atoms with Crippen LogP contribution in [0.1, 0.15) is 32.6 Å². The zero-order valence-corrected chi connectivity index (χ0v) is 12.8. The third-order valence-corrected chi connectivity index (χ3v) is 4.07. The molecule has 0 bridgehead atoms. The molecule has 0 spiro atoms. The maximum atomic E-state index is 5.58. The van der Waals surface area contributed by atoms with Gasteiger partial charge in [-0.2, -0.15) is 15.0 Å². The summed E-state index contributed by atoms with van der Waals surface area (Å²) in [6, 6.07) is 0.403. The molecule has 1 saturated heterocycles. The van der Waals surface area contributed by atoms with Gasteiger partial charge in [0.2, 0.25) is 17.8 Å². The molecular weight excluding hydrogens is 268 g/mol. The molecule has 0 unspecified atom stereocenters. The maximum Gasteiger partial charge on any atom is 0.231 e. The fourth-order valence-electron chi connectivity index (χ4n) is 2.84. The third kappa shape index (κ3) is 3.34. The van der Waals surface area contributed by atoms with Crippen molar-refractivity contribution in [1.29, 1.82) is 0 Å². The number of nitrogens with zero attached hydrogens (tertiary/aromatic N) is 4. The molecular formula is C14H24N6O. The van der Waals surface area contributed by atoms with E-state index in [4.69, 9.17) is 4.74 Å². The van der Waals surface area contributed by atoms with Crippen molar-refractivity contribution in [3.63, 3.8) is 0 Å². The Morgan fingerprint density at radius 3 is 2.52 bits per heavy atom. The lowest BCUT2D eigenvalue weighted by molar-refractivity contribution is 0.00285. The fraction of sp³-hybridized carbons (Fsp3) is 0.786. The van der Waals surface area contributed by atoms with E-state index in [9.17, 15) is 0 Å². The SMILES string of the molecule is CCOC1CC(Nc2nc(NC)nc(N3CCCC3)n2)C1. The minimum Gasteiger partial charge on any atom is -0.378 e. The number of rotatable bonds is 6. The highest BCUT2D eigenvalue weighted by Crippen LogP contribution is 2.26. The topological polar surface area (TPSA) is 75.2 Å². The van der Waals surface area contributed by atoms with Crippen molar-refractivity contribution in [3.05, 3.63) is 0 Å². The van der Waals surface area contributed by atoms with E-state index >= 15 is 0 Å². The molecule has 7 heteroatoms. The Bertz CT molecular complexity index is 471. The summed E-state index contributed by atoms with van der Waals surface area (Å²) < 4.78 is 5.58. The molecule has 2 aliphatic rings. The summed E-state index contributed by atoms with van der Waals surface area (Å²) in [5.74, 6) is 2.06. The molecule has 116 valence electrons. The summed E-state index contributed by atoms with van der Waals surface area (Å²) in [6.07, 6.45) is 4.85. The Hall–Kier alpha value is -1.63. The Labute approximate surface area is 125 Å². The van der Waals surface area contributed by atoms with Crippen molar-refractivity contribution in [2.75, 3.05) is 42.3 Å². The van der Waals surface area contributed by atoms with Crippen LogP contribution in [0.25, 0.3) is 0 Å². The lowest BCUT2D eigenvalue weighted by atomic mass is 9.89. The van der Waals surface area contributed by atoms with Crippen LogP contribution in [0.2, 0.25) is 0 Å². The quantitative estimate of drug-likeness (QED) is 0.822. The highest BCUT2D eigenvalue weighted by molar-refractivity contribution is 5.44. The lowest BCUT2D eigenvalue weighted by Gasteiger charge is -2.35. The molecule has 2 fully saturated rings. The van der Waals surface area contributed by atoms with Crippen molar-refractivity contribution in [2.24, 2.45) is 0 Å². The number of hydrogen-bond acceptors (Lipinski definition) is 7.